The number of nitrogens with zero attached hydrogens (tertiary/aromatic N) is 2. The van der Waals surface area contributed by atoms with Crippen LogP contribution in [-0.4, -0.2) is 15.6 Å². The molecule has 0 aliphatic heterocycles. The highest BCUT2D eigenvalue weighted by Gasteiger charge is 2.16. The fourth-order valence-corrected chi connectivity index (χ4v) is 2.84. The lowest BCUT2D eigenvalue weighted by molar-refractivity contribution is 0.388. The zero-order chi connectivity index (χ0) is 15.2. The molecule has 0 aliphatic carbocycles. The molecule has 0 saturated heterocycles. The number of para-hydroxylation sites is 2. The summed E-state index contributed by atoms with van der Waals surface area (Å²) in [7, 11) is 0. The van der Waals surface area contributed by atoms with Gasteiger partial charge in [-0.3, -0.25) is 11.3 Å². The zero-order valence-corrected chi connectivity index (χ0v) is 13.5. The van der Waals surface area contributed by atoms with Crippen LogP contribution in [0.4, 0.5) is 0 Å². The molecule has 1 aromatic heterocycles. The molecule has 0 saturated carbocycles. The van der Waals surface area contributed by atoms with Gasteiger partial charge in [0.2, 0.25) is 0 Å². The molecule has 0 radical (unpaired) electrons. The molecule has 2 atom stereocenters. The number of nitrogens with two attached hydrogens (primary N) is 1. The van der Waals surface area contributed by atoms with E-state index in [4.69, 9.17) is 10.8 Å². The summed E-state index contributed by atoms with van der Waals surface area (Å²) in [6.07, 6.45) is 4.26. The van der Waals surface area contributed by atoms with Crippen molar-refractivity contribution in [2.24, 2.45) is 11.8 Å². The van der Waals surface area contributed by atoms with E-state index in [1.54, 1.807) is 0 Å². The van der Waals surface area contributed by atoms with Gasteiger partial charge in [-0.25, -0.2) is 4.98 Å². The van der Waals surface area contributed by atoms with Crippen LogP contribution in [0, 0.1) is 5.92 Å². The van der Waals surface area contributed by atoms with Crippen molar-refractivity contribution in [1.29, 1.82) is 0 Å². The molecule has 0 fully saturated rings. The zero-order valence-electron chi connectivity index (χ0n) is 13.5. The minimum atomic E-state index is 0.285. The summed E-state index contributed by atoms with van der Waals surface area (Å²) < 4.78 is 2.34. The van der Waals surface area contributed by atoms with Crippen molar-refractivity contribution in [3.63, 3.8) is 0 Å². The van der Waals surface area contributed by atoms with Gasteiger partial charge in [0.1, 0.15) is 5.82 Å². The molecule has 2 rings (SSSR count). The molecule has 0 bridgehead atoms. The average molecular weight is 288 g/mol. The van der Waals surface area contributed by atoms with Gasteiger partial charge in [-0.2, -0.15) is 0 Å². The highest BCUT2D eigenvalue weighted by Crippen LogP contribution is 2.19. The van der Waals surface area contributed by atoms with Crippen LogP contribution in [0.15, 0.2) is 24.3 Å². The van der Waals surface area contributed by atoms with Crippen molar-refractivity contribution in [2.45, 2.75) is 59.0 Å². The van der Waals surface area contributed by atoms with Crippen LogP contribution >= 0.6 is 0 Å². The Kier molecular flexibility index (Phi) is 5.76. The summed E-state index contributed by atoms with van der Waals surface area (Å²) in [5, 5.41) is 0. The van der Waals surface area contributed by atoms with E-state index in [-0.39, 0.29) is 6.04 Å². The topological polar surface area (TPSA) is 55.9 Å². The van der Waals surface area contributed by atoms with E-state index in [9.17, 15) is 0 Å². The van der Waals surface area contributed by atoms with Crippen molar-refractivity contribution in [1.82, 2.24) is 15.0 Å². The van der Waals surface area contributed by atoms with Crippen LogP contribution in [0.2, 0.25) is 0 Å². The minimum absolute atomic E-state index is 0.285. The Morgan fingerprint density at radius 1 is 1.29 bits per heavy atom. The number of hydrogen-bond acceptors (Lipinski definition) is 3. The molecule has 4 heteroatoms. The van der Waals surface area contributed by atoms with Crippen molar-refractivity contribution in [3.05, 3.63) is 30.1 Å². The molecular formula is C17H28N4. The summed E-state index contributed by atoms with van der Waals surface area (Å²) in [6.45, 7) is 7.72. The first-order chi connectivity index (χ1) is 10.2. The molecule has 4 nitrogen and oxygen atoms in total. The van der Waals surface area contributed by atoms with Gasteiger partial charge in [0.15, 0.2) is 0 Å². The Labute approximate surface area is 127 Å². The van der Waals surface area contributed by atoms with Gasteiger partial charge >= 0.3 is 0 Å². The molecular weight excluding hydrogens is 260 g/mol. The molecule has 21 heavy (non-hydrogen) atoms. The predicted octanol–water partition coefficient (Wildman–Crippen LogP) is 3.26. The SMILES string of the molecule is CCCn1c(CC(CC(C)CC)NN)nc2ccccc21. The molecule has 3 N–H and O–H groups in total. The molecule has 1 aromatic carbocycles. The van der Waals surface area contributed by atoms with E-state index in [0.717, 1.165) is 37.1 Å². The number of benzene rings is 1. The van der Waals surface area contributed by atoms with E-state index < -0.39 is 0 Å². The standard InChI is InChI=1S/C17H28N4/c1-4-10-21-16-9-7-6-8-15(16)19-17(21)12-14(20-18)11-13(3)5-2/h6-9,13-14,20H,4-5,10-12,18H2,1-3H3. The van der Waals surface area contributed by atoms with E-state index in [1.807, 2.05) is 6.07 Å². The van der Waals surface area contributed by atoms with Gasteiger partial charge in [-0.15, -0.1) is 0 Å². The second-order valence-corrected chi connectivity index (χ2v) is 5.99. The number of aryl methyl sites for hydroxylation is 1. The average Bonchev–Trinajstić information content (AvgIpc) is 2.84. The lowest BCUT2D eigenvalue weighted by Gasteiger charge is -2.19. The van der Waals surface area contributed by atoms with Crippen LogP contribution < -0.4 is 11.3 Å². The first kappa shape index (κ1) is 16.0. The maximum absolute atomic E-state index is 5.75. The fraction of sp³-hybridized carbons (Fsp3) is 0.588. The number of imidazole rings is 1. The summed E-state index contributed by atoms with van der Waals surface area (Å²) in [5.74, 6) is 7.57. The van der Waals surface area contributed by atoms with Crippen LogP contribution in [0.1, 0.15) is 45.9 Å². The predicted molar refractivity (Wildman–Crippen MR) is 88.9 cm³/mol. The smallest absolute Gasteiger partial charge is 0.111 e. The van der Waals surface area contributed by atoms with Gasteiger partial charge in [0, 0.05) is 19.0 Å². The number of rotatable bonds is 8. The fourth-order valence-electron chi connectivity index (χ4n) is 2.84. The minimum Gasteiger partial charge on any atom is -0.328 e. The summed E-state index contributed by atoms with van der Waals surface area (Å²) >= 11 is 0. The van der Waals surface area contributed by atoms with Gasteiger partial charge in [0.25, 0.3) is 0 Å². The van der Waals surface area contributed by atoms with Gasteiger partial charge in [0.05, 0.1) is 11.0 Å². The number of hydrazine groups is 1. The quantitative estimate of drug-likeness (QED) is 0.579. The maximum Gasteiger partial charge on any atom is 0.111 e. The maximum atomic E-state index is 5.75. The van der Waals surface area contributed by atoms with E-state index in [0.29, 0.717) is 5.92 Å². The normalized spacial score (nSPS) is 14.5. The van der Waals surface area contributed by atoms with Crippen LogP contribution in [0.5, 0.6) is 0 Å². The molecule has 2 aromatic rings. The number of nitrogens with one attached hydrogen (secondary N) is 1. The van der Waals surface area contributed by atoms with E-state index in [1.165, 1.54) is 11.9 Å². The van der Waals surface area contributed by atoms with E-state index in [2.05, 4.69) is 49.0 Å². The van der Waals surface area contributed by atoms with Crippen LogP contribution in [0.3, 0.4) is 0 Å². The number of aromatic nitrogens is 2. The monoisotopic (exact) mass is 288 g/mol. The third kappa shape index (κ3) is 3.83. The Hall–Kier alpha value is -1.39. The van der Waals surface area contributed by atoms with Crippen LogP contribution in [-0.2, 0) is 13.0 Å². The first-order valence-electron chi connectivity index (χ1n) is 8.09. The Morgan fingerprint density at radius 2 is 2.05 bits per heavy atom. The molecule has 1 heterocycles. The Morgan fingerprint density at radius 3 is 2.71 bits per heavy atom. The van der Waals surface area contributed by atoms with Crippen molar-refractivity contribution >= 4 is 11.0 Å². The summed E-state index contributed by atoms with van der Waals surface area (Å²) in [6, 6.07) is 8.66. The third-order valence-electron chi connectivity index (χ3n) is 4.23. The largest absolute Gasteiger partial charge is 0.328 e. The lowest BCUT2D eigenvalue weighted by Crippen LogP contribution is -2.38. The molecule has 0 aliphatic rings. The van der Waals surface area contributed by atoms with Crippen molar-refractivity contribution in [2.75, 3.05) is 0 Å². The summed E-state index contributed by atoms with van der Waals surface area (Å²) in [5.41, 5.74) is 5.29. The van der Waals surface area contributed by atoms with Gasteiger partial charge in [-0.1, -0.05) is 39.3 Å². The first-order valence-corrected chi connectivity index (χ1v) is 8.09. The highest BCUT2D eigenvalue weighted by molar-refractivity contribution is 5.75. The van der Waals surface area contributed by atoms with Crippen molar-refractivity contribution < 1.29 is 0 Å². The molecule has 0 spiro atoms. The Balaban J connectivity index is 2.25. The lowest BCUT2D eigenvalue weighted by atomic mass is 9.97. The molecule has 116 valence electrons. The van der Waals surface area contributed by atoms with Gasteiger partial charge in [-0.05, 0) is 30.9 Å². The van der Waals surface area contributed by atoms with Crippen LogP contribution in [0.25, 0.3) is 11.0 Å². The Bertz CT molecular complexity index is 561. The van der Waals surface area contributed by atoms with Gasteiger partial charge < -0.3 is 4.57 Å². The number of fused-ring (bicyclic) bond motifs is 1. The summed E-state index contributed by atoms with van der Waals surface area (Å²) in [4.78, 5) is 4.82. The molecule has 2 unspecified atom stereocenters. The van der Waals surface area contributed by atoms with Crippen molar-refractivity contribution in [3.8, 4) is 0 Å². The second kappa shape index (κ2) is 7.57. The highest BCUT2D eigenvalue weighted by atomic mass is 15.2. The molecule has 0 amide bonds. The van der Waals surface area contributed by atoms with E-state index >= 15 is 0 Å². The number of hydrogen-bond donors (Lipinski definition) is 2. The third-order valence-corrected chi connectivity index (χ3v) is 4.23. The second-order valence-electron chi connectivity index (χ2n) is 5.99.